The lowest BCUT2D eigenvalue weighted by atomic mass is 9.92. The maximum absolute atomic E-state index is 12.3. The number of nitrogens with zero attached hydrogens (tertiary/aromatic N) is 3. The molecule has 0 fully saturated rings. The van der Waals surface area contributed by atoms with Gasteiger partial charge in [0.2, 0.25) is 0 Å². The topological polar surface area (TPSA) is 73.8 Å². The molecule has 0 radical (unpaired) electrons. The van der Waals surface area contributed by atoms with Gasteiger partial charge in [0.25, 0.3) is 5.91 Å². The third-order valence-corrected chi connectivity index (χ3v) is 2.81. The zero-order chi connectivity index (χ0) is 14.2. The number of hydrogen-bond acceptors (Lipinski definition) is 4. The molecule has 0 saturated heterocycles. The highest BCUT2D eigenvalue weighted by molar-refractivity contribution is 5.95. The van der Waals surface area contributed by atoms with Crippen LogP contribution in [0.5, 0.6) is 0 Å². The van der Waals surface area contributed by atoms with E-state index in [1.54, 1.807) is 18.2 Å². The molecule has 0 amide bonds. The van der Waals surface area contributed by atoms with Crippen molar-refractivity contribution >= 4 is 11.7 Å². The molecular weight excluding hydrogens is 240 g/mol. The lowest BCUT2D eigenvalue weighted by Gasteiger charge is -2.13. The predicted octanol–water partition coefficient (Wildman–Crippen LogP) is 2.15. The summed E-state index contributed by atoms with van der Waals surface area (Å²) < 4.78 is 1.21. The molecule has 5 nitrogen and oxygen atoms in total. The zero-order valence-electron chi connectivity index (χ0n) is 11.6. The van der Waals surface area contributed by atoms with Crippen molar-refractivity contribution in [1.82, 2.24) is 14.8 Å². The second-order valence-corrected chi connectivity index (χ2v) is 5.59. The minimum atomic E-state index is -0.309. The van der Waals surface area contributed by atoms with E-state index in [0.29, 0.717) is 11.5 Å². The third kappa shape index (κ3) is 2.65. The van der Waals surface area contributed by atoms with Gasteiger partial charge in [0, 0.05) is 17.2 Å². The molecule has 2 aromatic rings. The third-order valence-electron chi connectivity index (χ3n) is 2.81. The van der Waals surface area contributed by atoms with Crippen LogP contribution in [0, 0.1) is 6.92 Å². The number of aromatic nitrogens is 3. The van der Waals surface area contributed by atoms with Gasteiger partial charge in [0.05, 0.1) is 5.69 Å². The number of nitrogen functional groups attached to an aromatic ring is 1. The molecule has 0 aliphatic carbocycles. The Morgan fingerprint density at radius 1 is 1.32 bits per heavy atom. The molecule has 0 aromatic carbocycles. The smallest absolute Gasteiger partial charge is 0.298 e. The van der Waals surface area contributed by atoms with Gasteiger partial charge in [0.15, 0.2) is 0 Å². The Morgan fingerprint density at radius 3 is 2.53 bits per heavy atom. The fourth-order valence-electron chi connectivity index (χ4n) is 1.70. The Kier molecular flexibility index (Phi) is 3.14. The molecule has 0 saturated carbocycles. The van der Waals surface area contributed by atoms with Gasteiger partial charge >= 0.3 is 0 Å². The number of hydrogen-bond donors (Lipinski definition) is 1. The minimum Gasteiger partial charge on any atom is -0.383 e. The van der Waals surface area contributed by atoms with Gasteiger partial charge in [-0.1, -0.05) is 26.8 Å². The van der Waals surface area contributed by atoms with Gasteiger partial charge in [-0.2, -0.15) is 9.78 Å². The summed E-state index contributed by atoms with van der Waals surface area (Å²) in [6, 6.07) is 7.02. The van der Waals surface area contributed by atoms with E-state index in [9.17, 15) is 4.79 Å². The molecule has 100 valence electrons. The first-order valence-electron chi connectivity index (χ1n) is 6.13. The van der Waals surface area contributed by atoms with Crippen LogP contribution in [-0.2, 0) is 5.41 Å². The fourth-order valence-corrected chi connectivity index (χ4v) is 1.70. The monoisotopic (exact) mass is 258 g/mol. The summed E-state index contributed by atoms with van der Waals surface area (Å²) in [4.78, 5) is 16.5. The molecule has 0 bridgehead atoms. The van der Waals surface area contributed by atoms with Crippen molar-refractivity contribution in [3.05, 3.63) is 41.3 Å². The summed E-state index contributed by atoms with van der Waals surface area (Å²) in [6.07, 6.45) is 0. The second-order valence-electron chi connectivity index (χ2n) is 5.59. The van der Waals surface area contributed by atoms with Crippen LogP contribution in [0.4, 0.5) is 5.82 Å². The summed E-state index contributed by atoms with van der Waals surface area (Å²) in [5.74, 6) is 0.0231. The summed E-state index contributed by atoms with van der Waals surface area (Å²) in [6.45, 7) is 7.90. The Balaban J connectivity index is 2.43. The molecule has 0 aliphatic heterocycles. The Labute approximate surface area is 112 Å². The van der Waals surface area contributed by atoms with Crippen molar-refractivity contribution in [2.24, 2.45) is 0 Å². The van der Waals surface area contributed by atoms with Gasteiger partial charge < -0.3 is 5.73 Å². The molecule has 2 heterocycles. The number of anilines is 1. The lowest BCUT2D eigenvalue weighted by Crippen LogP contribution is -2.19. The number of carbonyl (C=O) groups excluding carboxylic acids is 1. The Hall–Kier alpha value is -2.17. The van der Waals surface area contributed by atoms with Crippen molar-refractivity contribution < 1.29 is 4.79 Å². The summed E-state index contributed by atoms with van der Waals surface area (Å²) in [5.41, 5.74) is 7.62. The van der Waals surface area contributed by atoms with Gasteiger partial charge in [-0.3, -0.25) is 4.79 Å². The first-order valence-corrected chi connectivity index (χ1v) is 6.13. The van der Waals surface area contributed by atoms with Crippen LogP contribution in [-0.4, -0.2) is 20.7 Å². The minimum absolute atomic E-state index is 0.153. The quantitative estimate of drug-likeness (QED) is 0.850. The highest BCUT2D eigenvalue weighted by Crippen LogP contribution is 2.22. The summed E-state index contributed by atoms with van der Waals surface area (Å²) in [5, 5.41) is 4.29. The Bertz CT molecular complexity index is 623. The van der Waals surface area contributed by atoms with Crippen molar-refractivity contribution in [2.75, 3.05) is 5.73 Å². The van der Waals surface area contributed by atoms with E-state index < -0.39 is 0 Å². The van der Waals surface area contributed by atoms with E-state index >= 15 is 0 Å². The van der Waals surface area contributed by atoms with Crippen molar-refractivity contribution in [1.29, 1.82) is 0 Å². The van der Waals surface area contributed by atoms with Crippen molar-refractivity contribution in [3.8, 4) is 0 Å². The lowest BCUT2D eigenvalue weighted by molar-refractivity contribution is 0.0942. The van der Waals surface area contributed by atoms with Crippen LogP contribution < -0.4 is 5.73 Å². The van der Waals surface area contributed by atoms with Crippen molar-refractivity contribution in [3.63, 3.8) is 0 Å². The summed E-state index contributed by atoms with van der Waals surface area (Å²) in [7, 11) is 0. The molecule has 0 atom stereocenters. The molecule has 2 aromatic heterocycles. The molecule has 5 heteroatoms. The van der Waals surface area contributed by atoms with E-state index in [2.05, 4.69) is 10.1 Å². The van der Waals surface area contributed by atoms with Crippen molar-refractivity contribution in [2.45, 2.75) is 33.1 Å². The van der Waals surface area contributed by atoms with E-state index in [1.165, 1.54) is 4.68 Å². The maximum Gasteiger partial charge on any atom is 0.298 e. The summed E-state index contributed by atoms with van der Waals surface area (Å²) >= 11 is 0. The Morgan fingerprint density at radius 2 is 2.00 bits per heavy atom. The van der Waals surface area contributed by atoms with Crippen LogP contribution in [0.2, 0.25) is 0 Å². The van der Waals surface area contributed by atoms with Crippen LogP contribution >= 0.6 is 0 Å². The average molecular weight is 258 g/mol. The van der Waals surface area contributed by atoms with Gasteiger partial charge in [-0.15, -0.1) is 0 Å². The molecule has 0 aliphatic rings. The largest absolute Gasteiger partial charge is 0.383 e. The molecule has 2 rings (SSSR count). The average Bonchev–Trinajstić information content (AvgIpc) is 2.70. The molecule has 19 heavy (non-hydrogen) atoms. The predicted molar refractivity (Wildman–Crippen MR) is 74.0 cm³/mol. The number of rotatable bonds is 1. The molecular formula is C14H18N4O. The van der Waals surface area contributed by atoms with E-state index in [-0.39, 0.29) is 11.3 Å². The SMILES string of the molecule is Cc1cccc(C(=O)n2nc(C(C)(C)C)cc2N)n1. The van der Waals surface area contributed by atoms with Crippen LogP contribution in [0.15, 0.2) is 24.3 Å². The van der Waals surface area contributed by atoms with Gasteiger partial charge in [0.1, 0.15) is 11.5 Å². The standard InChI is InChI=1S/C14H18N4O/c1-9-6-5-7-10(16-9)13(19)18-12(15)8-11(17-18)14(2,3)4/h5-8H,15H2,1-4H3. The van der Waals surface area contributed by atoms with E-state index in [0.717, 1.165) is 11.4 Å². The zero-order valence-corrected chi connectivity index (χ0v) is 11.6. The number of pyridine rings is 1. The molecule has 2 N–H and O–H groups in total. The normalized spacial score (nSPS) is 11.6. The van der Waals surface area contributed by atoms with Crippen LogP contribution in [0.3, 0.4) is 0 Å². The van der Waals surface area contributed by atoms with Gasteiger partial charge in [-0.05, 0) is 19.1 Å². The van der Waals surface area contributed by atoms with Crippen LogP contribution in [0.25, 0.3) is 0 Å². The number of carbonyl (C=O) groups is 1. The molecule has 0 spiro atoms. The van der Waals surface area contributed by atoms with Gasteiger partial charge in [-0.25, -0.2) is 4.98 Å². The first kappa shape index (κ1) is 13.3. The highest BCUT2D eigenvalue weighted by atomic mass is 16.2. The fraction of sp³-hybridized carbons (Fsp3) is 0.357. The second kappa shape index (κ2) is 4.50. The first-order chi connectivity index (χ1) is 8.79. The van der Waals surface area contributed by atoms with E-state index in [1.807, 2.05) is 33.8 Å². The maximum atomic E-state index is 12.3. The highest BCUT2D eigenvalue weighted by Gasteiger charge is 2.22. The molecule has 0 unspecified atom stereocenters. The number of aryl methyl sites for hydroxylation is 1. The van der Waals surface area contributed by atoms with E-state index in [4.69, 9.17) is 5.73 Å². The number of nitrogens with two attached hydrogens (primary N) is 1. The van der Waals surface area contributed by atoms with Crippen LogP contribution in [0.1, 0.15) is 42.6 Å².